The first-order valence-corrected chi connectivity index (χ1v) is 23.3. The largest absolute Gasteiger partial charge is 0.111 e. The molecule has 0 heterocycles. The molecule has 0 amide bonds. The van der Waals surface area contributed by atoms with Gasteiger partial charge in [-0.2, -0.15) is 0 Å². The minimum absolute atomic E-state index is 0.226. The van der Waals surface area contributed by atoms with Gasteiger partial charge in [-0.25, -0.2) is 0 Å². The molecule has 0 nitrogen and oxygen atoms in total. The van der Waals surface area contributed by atoms with E-state index >= 15 is 0 Å². The molecule has 5 heteroatoms. The third kappa shape index (κ3) is 7.30. The van der Waals surface area contributed by atoms with Crippen molar-refractivity contribution in [2.24, 2.45) is 0 Å². The van der Waals surface area contributed by atoms with E-state index in [4.69, 9.17) is 19.4 Å². The van der Waals surface area contributed by atoms with Gasteiger partial charge in [-0.05, 0) is 82.2 Å². The molecular formula is C44H34Cl2P2Rh+2. The van der Waals surface area contributed by atoms with Crippen LogP contribution in [0.25, 0.3) is 32.7 Å². The second-order valence-corrected chi connectivity index (χ2v) is 19.1. The van der Waals surface area contributed by atoms with Crippen LogP contribution in [-0.4, -0.2) is 0 Å². The predicted octanol–water partition coefficient (Wildman–Crippen LogP) is 10.0. The Labute approximate surface area is 307 Å². The normalized spacial score (nSPS) is 11.2. The first-order valence-electron chi connectivity index (χ1n) is 16.1. The minimum Gasteiger partial charge on any atom is -0.0620 e. The van der Waals surface area contributed by atoms with Crippen molar-refractivity contribution >= 4 is 88.6 Å². The van der Waals surface area contributed by atoms with Gasteiger partial charge < -0.3 is 0 Å². The van der Waals surface area contributed by atoms with E-state index in [-0.39, 0.29) is 15.1 Å². The van der Waals surface area contributed by atoms with E-state index in [0.29, 0.717) is 0 Å². The monoisotopic (exact) mass is 797 g/mol. The Morgan fingerprint density at radius 1 is 0.306 bits per heavy atom. The van der Waals surface area contributed by atoms with Gasteiger partial charge in [0.15, 0.2) is 0 Å². The summed E-state index contributed by atoms with van der Waals surface area (Å²) in [4.78, 5) is 0. The van der Waals surface area contributed by atoms with Gasteiger partial charge in [0, 0.05) is 11.1 Å². The van der Waals surface area contributed by atoms with Crippen LogP contribution in [0.4, 0.5) is 0 Å². The Morgan fingerprint density at radius 3 is 0.878 bits per heavy atom. The SMILES string of the molecule is [Cl][Rh][Cl].c1ccc([PH+](c2ccccc2)c2ccc3ccccc3c2-c2c([PH+](c3ccccc3)c3ccccc3)ccc3ccccc23)cc1. The number of halogens is 2. The summed E-state index contributed by atoms with van der Waals surface area (Å²) in [5.41, 5.74) is 2.75. The molecule has 0 radical (unpaired) electrons. The second kappa shape index (κ2) is 16.4. The maximum absolute atomic E-state index is 4.83. The molecule has 0 unspecified atom stereocenters. The first-order chi connectivity index (χ1) is 24.3. The topological polar surface area (TPSA) is 0 Å². The van der Waals surface area contributed by atoms with E-state index in [0.717, 1.165) is 0 Å². The Morgan fingerprint density at radius 2 is 0.571 bits per heavy atom. The maximum atomic E-state index is 4.83. The van der Waals surface area contributed by atoms with Crippen molar-refractivity contribution in [2.45, 2.75) is 0 Å². The fraction of sp³-hybridized carbons (Fsp3) is 0. The molecule has 8 aromatic rings. The van der Waals surface area contributed by atoms with Crippen molar-refractivity contribution in [3.63, 3.8) is 0 Å². The van der Waals surface area contributed by atoms with Crippen molar-refractivity contribution in [1.82, 2.24) is 0 Å². The molecule has 49 heavy (non-hydrogen) atoms. The minimum atomic E-state index is -1.37. The van der Waals surface area contributed by atoms with Crippen LogP contribution in [-0.2, 0) is 15.1 Å². The number of fused-ring (bicyclic) bond motifs is 2. The molecule has 0 aliphatic heterocycles. The Bertz CT molecular complexity index is 2040. The summed E-state index contributed by atoms with van der Waals surface area (Å²) in [6.07, 6.45) is 0. The van der Waals surface area contributed by atoms with Crippen LogP contribution in [0, 0.1) is 0 Å². The van der Waals surface area contributed by atoms with Gasteiger partial charge in [0.1, 0.15) is 31.8 Å². The van der Waals surface area contributed by atoms with E-state index in [1.165, 1.54) is 64.5 Å². The second-order valence-electron chi connectivity index (χ2n) is 11.7. The van der Waals surface area contributed by atoms with Crippen LogP contribution in [0.15, 0.2) is 194 Å². The maximum Gasteiger partial charge on any atom is 0.111 e. The van der Waals surface area contributed by atoms with Gasteiger partial charge in [-0.3, -0.25) is 0 Å². The van der Waals surface area contributed by atoms with Crippen LogP contribution in [0.1, 0.15) is 0 Å². The molecule has 0 N–H and O–H groups in total. The van der Waals surface area contributed by atoms with Gasteiger partial charge in [0.05, 0.1) is 15.8 Å². The van der Waals surface area contributed by atoms with Gasteiger partial charge in [0.2, 0.25) is 0 Å². The summed E-state index contributed by atoms with van der Waals surface area (Å²) < 4.78 is 0. The quantitative estimate of drug-likeness (QED) is 0.111. The van der Waals surface area contributed by atoms with Crippen molar-refractivity contribution < 1.29 is 15.1 Å². The molecule has 0 spiro atoms. The molecule has 8 aromatic carbocycles. The summed E-state index contributed by atoms with van der Waals surface area (Å²) in [6.45, 7) is 0. The summed E-state index contributed by atoms with van der Waals surface area (Å²) in [5, 5.41) is 13.6. The Balaban J connectivity index is 0.00000122. The summed E-state index contributed by atoms with van der Waals surface area (Å²) in [5.74, 6) is 0. The first kappa shape index (κ1) is 33.8. The van der Waals surface area contributed by atoms with Gasteiger partial charge in [-0.15, -0.1) is 0 Å². The Hall–Kier alpha value is -3.66. The molecule has 0 atom stereocenters. The summed E-state index contributed by atoms with van der Waals surface area (Å²) >= 11 is -0.226. The van der Waals surface area contributed by atoms with Crippen molar-refractivity contribution in [1.29, 1.82) is 0 Å². The van der Waals surface area contributed by atoms with Crippen LogP contribution >= 0.6 is 35.2 Å². The molecule has 0 saturated carbocycles. The fourth-order valence-corrected chi connectivity index (χ4v) is 12.4. The molecule has 0 aliphatic carbocycles. The smallest absolute Gasteiger partial charge is 0.0620 e. The molecule has 0 fully saturated rings. The fourth-order valence-electron chi connectivity index (χ4n) is 6.87. The molecule has 0 aliphatic rings. The molecule has 0 aromatic heterocycles. The molecular weight excluding hydrogens is 764 g/mol. The molecule has 8 rings (SSSR count). The number of benzene rings is 8. The third-order valence-corrected chi connectivity index (χ3v) is 14.4. The van der Waals surface area contributed by atoms with E-state index in [1.807, 2.05) is 0 Å². The Kier molecular flexibility index (Phi) is 11.3. The number of hydrogen-bond acceptors (Lipinski definition) is 0. The predicted molar refractivity (Wildman–Crippen MR) is 219 cm³/mol. The summed E-state index contributed by atoms with van der Waals surface area (Å²) in [6, 6.07) is 72.2. The van der Waals surface area contributed by atoms with E-state index in [2.05, 4.69) is 194 Å². The van der Waals surface area contributed by atoms with E-state index in [1.54, 1.807) is 0 Å². The van der Waals surface area contributed by atoms with E-state index in [9.17, 15) is 0 Å². The standard InChI is InChI=1S/C44H32P2.2ClH.Rh/c1-5-19-35(20-6-1)45(36-21-7-2-8-22-36)41-31-29-33-17-13-15-27-39(33)43(41)44-40-28-16-14-18-34(40)30-32-42(44)46(37-23-9-3-10-24-37)38-25-11-4-12-26-38;;;/h1-32H;2*1H;/q;;;+2. The summed E-state index contributed by atoms with van der Waals surface area (Å²) in [7, 11) is 6.93. The molecule has 0 bridgehead atoms. The van der Waals surface area contributed by atoms with Crippen molar-refractivity contribution in [2.75, 3.05) is 0 Å². The van der Waals surface area contributed by atoms with Crippen LogP contribution < -0.4 is 31.8 Å². The van der Waals surface area contributed by atoms with E-state index < -0.39 is 15.8 Å². The van der Waals surface area contributed by atoms with Crippen molar-refractivity contribution in [3.05, 3.63) is 194 Å². The average Bonchev–Trinajstić information content (AvgIpc) is 3.17. The van der Waals surface area contributed by atoms with Gasteiger partial charge >= 0.3 is 34.5 Å². The van der Waals surface area contributed by atoms with Gasteiger partial charge in [0.25, 0.3) is 0 Å². The zero-order valence-corrected chi connectivity index (χ0v) is 31.7. The zero-order chi connectivity index (χ0) is 33.4. The molecule has 241 valence electrons. The van der Waals surface area contributed by atoms with Crippen molar-refractivity contribution in [3.8, 4) is 11.1 Å². The number of rotatable bonds is 7. The van der Waals surface area contributed by atoms with Gasteiger partial charge in [-0.1, -0.05) is 133 Å². The number of hydrogen-bond donors (Lipinski definition) is 0. The van der Waals surface area contributed by atoms with Crippen LogP contribution in [0.5, 0.6) is 0 Å². The molecule has 0 saturated heterocycles. The third-order valence-electron chi connectivity index (χ3n) is 8.90. The van der Waals surface area contributed by atoms with Crippen LogP contribution in [0.3, 0.4) is 0 Å². The zero-order valence-electron chi connectivity index (χ0n) is 26.6. The van der Waals surface area contributed by atoms with Crippen LogP contribution in [0.2, 0.25) is 0 Å². The average molecular weight is 799 g/mol.